The predicted molar refractivity (Wildman–Crippen MR) is 60.5 cm³/mol. The lowest BCUT2D eigenvalue weighted by Gasteiger charge is -2.30. The maximum atomic E-state index is 12.2. The van der Waals surface area contributed by atoms with Crippen LogP contribution < -0.4 is 6.15 Å². The first-order chi connectivity index (χ1) is 6.92. The first-order valence-electron chi connectivity index (χ1n) is 4.98. The molecular weight excluding hydrogens is 237 g/mol. The number of esters is 1. The van der Waals surface area contributed by atoms with Gasteiger partial charge in [-0.1, -0.05) is 32.4 Å². The van der Waals surface area contributed by atoms with Crippen molar-refractivity contribution in [2.45, 2.75) is 51.0 Å². The minimum atomic E-state index is -1.88. The molecule has 0 saturated carbocycles. The highest BCUT2D eigenvalue weighted by Gasteiger charge is 2.34. The Morgan fingerprint density at radius 1 is 1.25 bits per heavy atom. The quantitative estimate of drug-likeness (QED) is 0.343. The standard InChI is InChI=1S/C10H16ClFO3.H3N/c1-4-10(5-2,6-3)15-9(14)7(11)8(12)13;/h7H,4-6H2,1-3H3;1H3. The summed E-state index contributed by atoms with van der Waals surface area (Å²) in [5, 5.41) is -1.84. The molecule has 0 bridgehead atoms. The van der Waals surface area contributed by atoms with Gasteiger partial charge in [0.05, 0.1) is 0 Å². The molecule has 0 aliphatic carbocycles. The summed E-state index contributed by atoms with van der Waals surface area (Å²) in [4.78, 5) is 21.5. The number of hydrogen-bond acceptors (Lipinski definition) is 4. The van der Waals surface area contributed by atoms with Gasteiger partial charge in [-0.2, -0.15) is 4.39 Å². The van der Waals surface area contributed by atoms with Crippen molar-refractivity contribution in [1.29, 1.82) is 0 Å². The van der Waals surface area contributed by atoms with Crippen molar-refractivity contribution < 1.29 is 18.7 Å². The molecule has 0 aromatic rings. The van der Waals surface area contributed by atoms with E-state index in [1.165, 1.54) is 0 Å². The van der Waals surface area contributed by atoms with Gasteiger partial charge in [-0.3, -0.25) is 4.79 Å². The second-order valence-corrected chi connectivity index (χ2v) is 3.77. The lowest BCUT2D eigenvalue weighted by molar-refractivity contribution is -0.163. The van der Waals surface area contributed by atoms with Gasteiger partial charge in [-0.15, -0.1) is 0 Å². The second kappa shape index (κ2) is 7.57. The van der Waals surface area contributed by atoms with Gasteiger partial charge in [0, 0.05) is 0 Å². The smallest absolute Gasteiger partial charge is 0.335 e. The topological polar surface area (TPSA) is 78.4 Å². The number of ether oxygens (including phenoxy) is 1. The van der Waals surface area contributed by atoms with E-state index in [1.807, 2.05) is 20.8 Å². The van der Waals surface area contributed by atoms with E-state index in [0.29, 0.717) is 19.3 Å². The van der Waals surface area contributed by atoms with Crippen LogP contribution in [0.1, 0.15) is 40.0 Å². The van der Waals surface area contributed by atoms with Crippen molar-refractivity contribution in [3.63, 3.8) is 0 Å². The summed E-state index contributed by atoms with van der Waals surface area (Å²) < 4.78 is 17.2. The van der Waals surface area contributed by atoms with Crippen LogP contribution in [0.3, 0.4) is 0 Å². The zero-order valence-electron chi connectivity index (χ0n) is 9.89. The van der Waals surface area contributed by atoms with E-state index in [0.717, 1.165) is 0 Å². The van der Waals surface area contributed by atoms with Crippen LogP contribution in [0.5, 0.6) is 0 Å². The Kier molecular flexibility index (Phi) is 8.38. The Balaban J connectivity index is 0. The maximum absolute atomic E-state index is 12.2. The summed E-state index contributed by atoms with van der Waals surface area (Å²) >= 11 is 5.24. The van der Waals surface area contributed by atoms with Crippen molar-refractivity contribution in [1.82, 2.24) is 6.15 Å². The fourth-order valence-electron chi connectivity index (χ4n) is 1.32. The number of carbonyl (C=O) groups is 2. The minimum Gasteiger partial charge on any atom is -0.458 e. The number of rotatable bonds is 6. The third-order valence-corrected chi connectivity index (χ3v) is 3.01. The molecule has 96 valence electrons. The first-order valence-corrected chi connectivity index (χ1v) is 5.42. The number of halogens is 2. The molecule has 4 nitrogen and oxygen atoms in total. The molecule has 0 fully saturated rings. The van der Waals surface area contributed by atoms with Crippen molar-refractivity contribution >= 4 is 23.6 Å². The van der Waals surface area contributed by atoms with Crippen LogP contribution in [0, 0.1) is 0 Å². The third kappa shape index (κ3) is 4.45. The molecule has 1 unspecified atom stereocenters. The molecule has 6 heteroatoms. The number of hydrogen-bond donors (Lipinski definition) is 1. The molecule has 0 spiro atoms. The van der Waals surface area contributed by atoms with Gasteiger partial charge >= 0.3 is 12.0 Å². The van der Waals surface area contributed by atoms with E-state index < -0.39 is 23.0 Å². The molecule has 16 heavy (non-hydrogen) atoms. The van der Waals surface area contributed by atoms with Gasteiger partial charge in [0.2, 0.25) is 5.38 Å². The highest BCUT2D eigenvalue weighted by Crippen LogP contribution is 2.25. The SMILES string of the molecule is CCC(CC)(CC)OC(=O)C(Cl)C(=O)F.N. The van der Waals surface area contributed by atoms with Crippen LogP contribution in [-0.4, -0.2) is 23.0 Å². The van der Waals surface area contributed by atoms with Gasteiger partial charge in [-0.25, -0.2) is 4.79 Å². The molecule has 0 amide bonds. The third-order valence-electron chi connectivity index (χ3n) is 2.66. The number of carbonyl (C=O) groups excluding carboxylic acids is 2. The van der Waals surface area contributed by atoms with E-state index >= 15 is 0 Å². The Bertz CT molecular complexity index is 236. The van der Waals surface area contributed by atoms with E-state index in [1.54, 1.807) is 0 Å². The van der Waals surface area contributed by atoms with E-state index in [-0.39, 0.29) is 6.15 Å². The average Bonchev–Trinajstić information content (AvgIpc) is 2.24. The van der Waals surface area contributed by atoms with E-state index in [9.17, 15) is 14.0 Å². The summed E-state index contributed by atoms with van der Waals surface area (Å²) in [5.74, 6) is -1.00. The second-order valence-electron chi connectivity index (χ2n) is 3.33. The zero-order valence-corrected chi connectivity index (χ0v) is 10.6. The summed E-state index contributed by atoms with van der Waals surface area (Å²) in [5.41, 5.74) is -0.639. The van der Waals surface area contributed by atoms with Crippen LogP contribution in [0.2, 0.25) is 0 Å². The Hall–Kier alpha value is -0.680. The fraction of sp³-hybridized carbons (Fsp3) is 0.800. The Labute approximate surface area is 100 Å². The predicted octanol–water partition coefficient (Wildman–Crippen LogP) is 2.76. The normalized spacial score (nSPS) is 12.6. The molecule has 1 atom stereocenters. The highest BCUT2D eigenvalue weighted by atomic mass is 35.5. The van der Waals surface area contributed by atoms with Gasteiger partial charge in [0.25, 0.3) is 0 Å². The summed E-state index contributed by atoms with van der Waals surface area (Å²) in [6, 6.07) is -1.88. The summed E-state index contributed by atoms with van der Waals surface area (Å²) in [6.07, 6.45) is 1.82. The molecular formula is C10H19ClFNO3. The molecule has 3 N–H and O–H groups in total. The molecule has 0 radical (unpaired) electrons. The van der Waals surface area contributed by atoms with Crippen molar-refractivity contribution in [3.05, 3.63) is 0 Å². The molecule has 0 rings (SSSR count). The molecule has 0 aliphatic rings. The monoisotopic (exact) mass is 255 g/mol. The highest BCUT2D eigenvalue weighted by molar-refractivity contribution is 6.39. The molecule has 0 aromatic heterocycles. The van der Waals surface area contributed by atoms with Crippen LogP contribution in [0.15, 0.2) is 0 Å². The van der Waals surface area contributed by atoms with Crippen molar-refractivity contribution in [2.24, 2.45) is 0 Å². The molecule has 0 saturated heterocycles. The van der Waals surface area contributed by atoms with Crippen LogP contribution in [0.4, 0.5) is 4.39 Å². The first kappa shape index (κ1) is 17.7. The fourth-order valence-corrected chi connectivity index (χ4v) is 1.37. The van der Waals surface area contributed by atoms with E-state index in [4.69, 9.17) is 16.3 Å². The van der Waals surface area contributed by atoms with E-state index in [2.05, 4.69) is 0 Å². The Morgan fingerprint density at radius 3 is 1.88 bits per heavy atom. The molecule has 0 aromatic carbocycles. The van der Waals surface area contributed by atoms with Crippen LogP contribution >= 0.6 is 11.6 Å². The summed E-state index contributed by atoms with van der Waals surface area (Å²) in [6.45, 7) is 5.59. The lowest BCUT2D eigenvalue weighted by Crippen LogP contribution is -2.37. The average molecular weight is 256 g/mol. The summed E-state index contributed by atoms with van der Waals surface area (Å²) in [7, 11) is 0. The minimum absolute atomic E-state index is 0. The van der Waals surface area contributed by atoms with Gasteiger partial charge in [0.15, 0.2) is 0 Å². The largest absolute Gasteiger partial charge is 0.458 e. The molecule has 0 heterocycles. The van der Waals surface area contributed by atoms with Gasteiger partial charge in [-0.05, 0) is 19.3 Å². The lowest BCUT2D eigenvalue weighted by atomic mass is 9.94. The number of alkyl halides is 1. The van der Waals surface area contributed by atoms with Crippen molar-refractivity contribution in [3.8, 4) is 0 Å². The Morgan fingerprint density at radius 2 is 1.62 bits per heavy atom. The maximum Gasteiger partial charge on any atom is 0.335 e. The van der Waals surface area contributed by atoms with Gasteiger partial charge in [0.1, 0.15) is 5.60 Å². The van der Waals surface area contributed by atoms with Gasteiger partial charge < -0.3 is 10.9 Å². The van der Waals surface area contributed by atoms with Crippen LogP contribution in [-0.2, 0) is 14.3 Å². The van der Waals surface area contributed by atoms with Crippen LogP contribution in [0.25, 0.3) is 0 Å². The van der Waals surface area contributed by atoms with Crippen molar-refractivity contribution in [2.75, 3.05) is 0 Å². The molecule has 0 aliphatic heterocycles. The zero-order chi connectivity index (χ0) is 12.1.